The fourth-order valence-corrected chi connectivity index (χ4v) is 1.46. The minimum Gasteiger partial charge on any atom is -0.454 e. The molecule has 3 rings (SSSR count). The van der Waals surface area contributed by atoms with Gasteiger partial charge in [-0.1, -0.05) is 0 Å². The van der Waals surface area contributed by atoms with E-state index in [1.54, 1.807) is 12.5 Å². The third-order valence-corrected chi connectivity index (χ3v) is 2.16. The molecule has 2 aromatic rings. The molecule has 14 heavy (non-hydrogen) atoms. The molecule has 1 aliphatic heterocycles. The van der Waals surface area contributed by atoms with Crippen molar-refractivity contribution in [3.05, 3.63) is 36.9 Å². The first-order chi connectivity index (χ1) is 6.93. The predicted octanol–water partition coefficient (Wildman–Crippen LogP) is 1.60. The van der Waals surface area contributed by atoms with E-state index in [0.29, 0.717) is 6.79 Å². The largest absolute Gasteiger partial charge is 0.454 e. The predicted molar refractivity (Wildman–Crippen MR) is 49.7 cm³/mol. The van der Waals surface area contributed by atoms with Crippen molar-refractivity contribution in [2.24, 2.45) is 0 Å². The van der Waals surface area contributed by atoms with Crippen molar-refractivity contribution in [2.45, 2.75) is 0 Å². The van der Waals surface area contributed by atoms with Gasteiger partial charge in [-0.15, -0.1) is 0 Å². The number of rotatable bonds is 1. The third kappa shape index (κ3) is 1.04. The van der Waals surface area contributed by atoms with E-state index >= 15 is 0 Å². The van der Waals surface area contributed by atoms with Crippen LogP contribution in [0.1, 0.15) is 0 Å². The summed E-state index contributed by atoms with van der Waals surface area (Å²) in [5, 5.41) is 0. The van der Waals surface area contributed by atoms with E-state index in [0.717, 1.165) is 17.2 Å². The van der Waals surface area contributed by atoms with Crippen molar-refractivity contribution < 1.29 is 9.47 Å². The summed E-state index contributed by atoms with van der Waals surface area (Å²) in [4.78, 5) is 3.98. The molecule has 1 aliphatic rings. The molecule has 0 saturated carbocycles. The number of nitrogens with zero attached hydrogens (tertiary/aromatic N) is 2. The molecule has 0 unspecified atom stereocenters. The van der Waals surface area contributed by atoms with Gasteiger partial charge in [0.25, 0.3) is 0 Å². The van der Waals surface area contributed by atoms with Gasteiger partial charge >= 0.3 is 0 Å². The molecule has 1 aromatic carbocycles. The summed E-state index contributed by atoms with van der Waals surface area (Å²) in [5.74, 6) is 1.59. The summed E-state index contributed by atoms with van der Waals surface area (Å²) in [6.45, 7) is 0.308. The van der Waals surface area contributed by atoms with Gasteiger partial charge in [0.05, 0.1) is 12.0 Å². The normalized spacial score (nSPS) is 13.1. The maximum Gasteiger partial charge on any atom is 0.231 e. The van der Waals surface area contributed by atoms with Crippen LogP contribution >= 0.6 is 0 Å². The van der Waals surface area contributed by atoms with Crippen molar-refractivity contribution >= 4 is 0 Å². The quantitative estimate of drug-likeness (QED) is 0.682. The lowest BCUT2D eigenvalue weighted by molar-refractivity contribution is 0.174. The molecule has 0 amide bonds. The molecule has 0 atom stereocenters. The van der Waals surface area contributed by atoms with Gasteiger partial charge in [-0.25, -0.2) is 4.98 Å². The number of aromatic nitrogens is 2. The molecule has 1 aromatic heterocycles. The highest BCUT2D eigenvalue weighted by Gasteiger charge is 2.13. The number of hydrogen-bond donors (Lipinski definition) is 0. The average Bonchev–Trinajstić information content (AvgIpc) is 2.88. The standard InChI is InChI=1S/C10H8N2O2/c1-2-9-10(14-7-13-9)5-8(1)12-4-3-11-6-12/h1-6H,7H2. The Hall–Kier alpha value is -1.97. The van der Waals surface area contributed by atoms with E-state index in [1.807, 2.05) is 29.0 Å². The van der Waals surface area contributed by atoms with Crippen molar-refractivity contribution in [1.82, 2.24) is 9.55 Å². The van der Waals surface area contributed by atoms with Crippen molar-refractivity contribution in [3.8, 4) is 17.2 Å². The molecule has 0 fully saturated rings. The first kappa shape index (κ1) is 7.44. The van der Waals surface area contributed by atoms with Crippen LogP contribution in [-0.2, 0) is 0 Å². The molecule has 0 bridgehead atoms. The summed E-state index contributed by atoms with van der Waals surface area (Å²) in [7, 11) is 0. The Balaban J connectivity index is 2.09. The smallest absolute Gasteiger partial charge is 0.231 e. The summed E-state index contributed by atoms with van der Waals surface area (Å²) < 4.78 is 12.4. The zero-order chi connectivity index (χ0) is 9.38. The van der Waals surface area contributed by atoms with Crippen LogP contribution in [0.25, 0.3) is 5.69 Å². The molecule has 4 nitrogen and oxygen atoms in total. The van der Waals surface area contributed by atoms with Crippen molar-refractivity contribution in [2.75, 3.05) is 6.79 Å². The maximum atomic E-state index is 5.28. The lowest BCUT2D eigenvalue weighted by atomic mass is 10.3. The molecule has 4 heteroatoms. The second-order valence-corrected chi connectivity index (χ2v) is 3.01. The summed E-state index contributed by atoms with van der Waals surface area (Å²) in [5.41, 5.74) is 1.02. The minimum absolute atomic E-state index is 0.308. The van der Waals surface area contributed by atoms with Gasteiger partial charge in [0.1, 0.15) is 0 Å². The monoisotopic (exact) mass is 188 g/mol. The van der Waals surface area contributed by atoms with Crippen LogP contribution in [0.4, 0.5) is 0 Å². The third-order valence-electron chi connectivity index (χ3n) is 2.16. The van der Waals surface area contributed by atoms with Crippen molar-refractivity contribution in [1.29, 1.82) is 0 Å². The molecule has 0 spiro atoms. The van der Waals surface area contributed by atoms with Crippen LogP contribution in [0.3, 0.4) is 0 Å². The molecular weight excluding hydrogens is 180 g/mol. The number of benzene rings is 1. The van der Waals surface area contributed by atoms with Crippen LogP contribution in [0.2, 0.25) is 0 Å². The molecular formula is C10H8N2O2. The molecule has 0 aliphatic carbocycles. The first-order valence-corrected chi connectivity index (χ1v) is 4.31. The lowest BCUT2D eigenvalue weighted by Crippen LogP contribution is -1.93. The zero-order valence-corrected chi connectivity index (χ0v) is 7.38. The number of fused-ring (bicyclic) bond motifs is 1. The highest BCUT2D eigenvalue weighted by atomic mass is 16.7. The van der Waals surface area contributed by atoms with Crippen LogP contribution in [0.5, 0.6) is 11.5 Å². The molecule has 0 N–H and O–H groups in total. The average molecular weight is 188 g/mol. The van der Waals surface area contributed by atoms with E-state index in [-0.39, 0.29) is 0 Å². The molecule has 0 radical (unpaired) electrons. The first-order valence-electron chi connectivity index (χ1n) is 4.31. The van der Waals surface area contributed by atoms with Crippen LogP contribution in [0, 0.1) is 0 Å². The van der Waals surface area contributed by atoms with E-state index in [9.17, 15) is 0 Å². The Kier molecular flexibility index (Phi) is 1.47. The second-order valence-electron chi connectivity index (χ2n) is 3.01. The zero-order valence-electron chi connectivity index (χ0n) is 7.38. The Morgan fingerprint density at radius 1 is 1.21 bits per heavy atom. The summed E-state index contributed by atoms with van der Waals surface area (Å²) in [6.07, 6.45) is 5.37. The molecule has 70 valence electrons. The van der Waals surface area contributed by atoms with Gasteiger partial charge in [0, 0.05) is 18.5 Å². The minimum atomic E-state index is 0.308. The van der Waals surface area contributed by atoms with Crippen LogP contribution in [-0.4, -0.2) is 16.3 Å². The SMILES string of the molecule is c1cn(-c2ccc3c(c2)OCO3)cn1. The van der Waals surface area contributed by atoms with Gasteiger partial charge in [-0.2, -0.15) is 0 Å². The molecule has 2 heterocycles. The summed E-state index contributed by atoms with van der Waals surface area (Å²) >= 11 is 0. The van der Waals surface area contributed by atoms with E-state index < -0.39 is 0 Å². The Labute approximate surface area is 80.7 Å². The molecule has 0 saturated heterocycles. The Morgan fingerprint density at radius 3 is 3.00 bits per heavy atom. The topological polar surface area (TPSA) is 36.3 Å². The van der Waals surface area contributed by atoms with Crippen LogP contribution < -0.4 is 9.47 Å². The highest BCUT2D eigenvalue weighted by Crippen LogP contribution is 2.33. The van der Waals surface area contributed by atoms with Gasteiger partial charge in [-0.05, 0) is 12.1 Å². The fraction of sp³-hybridized carbons (Fsp3) is 0.100. The van der Waals surface area contributed by atoms with Gasteiger partial charge in [0.2, 0.25) is 6.79 Å². The number of imidazole rings is 1. The maximum absolute atomic E-state index is 5.28. The number of ether oxygens (including phenoxy) is 2. The van der Waals surface area contributed by atoms with Crippen molar-refractivity contribution in [3.63, 3.8) is 0 Å². The van der Waals surface area contributed by atoms with E-state index in [4.69, 9.17) is 9.47 Å². The van der Waals surface area contributed by atoms with E-state index in [2.05, 4.69) is 4.98 Å². The van der Waals surface area contributed by atoms with E-state index in [1.165, 1.54) is 0 Å². The van der Waals surface area contributed by atoms with Gasteiger partial charge in [-0.3, -0.25) is 0 Å². The number of hydrogen-bond acceptors (Lipinski definition) is 3. The van der Waals surface area contributed by atoms with Crippen LogP contribution in [0.15, 0.2) is 36.9 Å². The fourth-order valence-electron chi connectivity index (χ4n) is 1.46. The van der Waals surface area contributed by atoms with Gasteiger partial charge < -0.3 is 14.0 Å². The van der Waals surface area contributed by atoms with Gasteiger partial charge in [0.15, 0.2) is 11.5 Å². The Bertz CT molecular complexity index is 451. The summed E-state index contributed by atoms with van der Waals surface area (Å²) in [6, 6.07) is 5.80. The second kappa shape index (κ2) is 2.77. The highest BCUT2D eigenvalue weighted by molar-refractivity contribution is 5.49. The lowest BCUT2D eigenvalue weighted by Gasteiger charge is -2.02. The Morgan fingerprint density at radius 2 is 2.14 bits per heavy atom.